The third kappa shape index (κ3) is 4.98. The van der Waals surface area contributed by atoms with Gasteiger partial charge in [0.15, 0.2) is 5.78 Å². The fourth-order valence-corrected chi connectivity index (χ4v) is 2.37. The van der Waals surface area contributed by atoms with Crippen LogP contribution in [0.2, 0.25) is 0 Å². The van der Waals surface area contributed by atoms with E-state index in [1.54, 1.807) is 11.3 Å². The number of aryl methyl sites for hydroxylation is 1. The number of hydrogen-bond donors (Lipinski definition) is 0. The Bertz CT molecular complexity index is 360. The number of carbonyl (C=O) groups excluding carboxylic acids is 1. The number of nitrogens with zero attached hydrogens (tertiary/aromatic N) is 2. The maximum atomic E-state index is 12.0. The van der Waals surface area contributed by atoms with Gasteiger partial charge in [-0.2, -0.15) is 0 Å². The standard InChI is InChI=1S/C13H22N2OS/c1-5-11-6-7-13(17-11)12(16)10-15(4)9-8-14(2)3/h6-7H,5,8-10H2,1-4H3. The molecule has 1 rings (SSSR count). The fraction of sp³-hybridized carbons (Fsp3) is 0.615. The molecule has 0 unspecified atom stereocenters. The molecule has 0 spiro atoms. The van der Waals surface area contributed by atoms with E-state index in [2.05, 4.69) is 22.8 Å². The van der Waals surface area contributed by atoms with E-state index in [1.807, 2.05) is 27.2 Å². The lowest BCUT2D eigenvalue weighted by Gasteiger charge is -2.18. The molecule has 0 aliphatic carbocycles. The van der Waals surface area contributed by atoms with Gasteiger partial charge in [-0.1, -0.05) is 6.92 Å². The van der Waals surface area contributed by atoms with Crippen LogP contribution in [-0.4, -0.2) is 56.4 Å². The zero-order valence-electron chi connectivity index (χ0n) is 11.2. The van der Waals surface area contributed by atoms with Gasteiger partial charge in [-0.25, -0.2) is 0 Å². The smallest absolute Gasteiger partial charge is 0.186 e. The van der Waals surface area contributed by atoms with E-state index in [0.29, 0.717) is 6.54 Å². The van der Waals surface area contributed by atoms with Crippen molar-refractivity contribution in [2.24, 2.45) is 0 Å². The first-order valence-corrected chi connectivity index (χ1v) is 6.79. The normalized spacial score (nSPS) is 11.4. The summed E-state index contributed by atoms with van der Waals surface area (Å²) in [5.41, 5.74) is 0. The predicted molar refractivity (Wildman–Crippen MR) is 74.1 cm³/mol. The molecular weight excluding hydrogens is 232 g/mol. The van der Waals surface area contributed by atoms with Gasteiger partial charge in [-0.15, -0.1) is 11.3 Å². The molecular formula is C13H22N2OS. The van der Waals surface area contributed by atoms with E-state index in [0.717, 1.165) is 24.4 Å². The van der Waals surface area contributed by atoms with E-state index in [9.17, 15) is 4.79 Å². The first-order chi connectivity index (χ1) is 8.02. The van der Waals surface area contributed by atoms with Gasteiger partial charge in [0.1, 0.15) is 0 Å². The van der Waals surface area contributed by atoms with Crippen molar-refractivity contribution in [2.75, 3.05) is 40.8 Å². The first kappa shape index (κ1) is 14.4. The minimum atomic E-state index is 0.232. The Hall–Kier alpha value is -0.710. The molecule has 1 heterocycles. The molecule has 0 aromatic carbocycles. The van der Waals surface area contributed by atoms with E-state index in [-0.39, 0.29) is 5.78 Å². The quantitative estimate of drug-likeness (QED) is 0.695. The topological polar surface area (TPSA) is 23.6 Å². The van der Waals surface area contributed by atoms with Gasteiger partial charge >= 0.3 is 0 Å². The fourth-order valence-electron chi connectivity index (χ4n) is 1.49. The van der Waals surface area contributed by atoms with Crippen LogP contribution in [0.25, 0.3) is 0 Å². The number of thiophene rings is 1. The van der Waals surface area contributed by atoms with Gasteiger partial charge in [-0.05, 0) is 39.7 Å². The summed E-state index contributed by atoms with van der Waals surface area (Å²) in [4.78, 5) is 18.4. The monoisotopic (exact) mass is 254 g/mol. The molecule has 0 bridgehead atoms. The van der Waals surface area contributed by atoms with Crippen LogP contribution in [0.1, 0.15) is 21.5 Å². The van der Waals surface area contributed by atoms with Crippen molar-refractivity contribution in [3.8, 4) is 0 Å². The second-order valence-corrected chi connectivity index (χ2v) is 5.75. The summed E-state index contributed by atoms with van der Waals surface area (Å²) in [6.45, 7) is 4.53. The second-order valence-electron chi connectivity index (χ2n) is 4.58. The summed E-state index contributed by atoms with van der Waals surface area (Å²) in [5.74, 6) is 0.232. The first-order valence-electron chi connectivity index (χ1n) is 5.98. The summed E-state index contributed by atoms with van der Waals surface area (Å²) in [6.07, 6.45) is 1.01. The molecule has 0 fully saturated rings. The van der Waals surface area contributed by atoms with Gasteiger partial charge in [0, 0.05) is 18.0 Å². The molecule has 4 heteroatoms. The highest BCUT2D eigenvalue weighted by molar-refractivity contribution is 7.14. The third-order valence-electron chi connectivity index (χ3n) is 2.63. The number of likely N-dealkylation sites (N-methyl/N-ethyl adjacent to an activating group) is 2. The summed E-state index contributed by atoms with van der Waals surface area (Å²) < 4.78 is 0. The van der Waals surface area contributed by atoms with E-state index in [4.69, 9.17) is 0 Å². The van der Waals surface area contributed by atoms with Crippen LogP contribution in [0, 0.1) is 0 Å². The molecule has 1 aromatic rings. The van der Waals surface area contributed by atoms with Crippen molar-refractivity contribution >= 4 is 17.1 Å². The predicted octanol–water partition coefficient (Wildman–Crippen LogP) is 1.99. The highest BCUT2D eigenvalue weighted by atomic mass is 32.1. The minimum Gasteiger partial charge on any atom is -0.308 e. The molecule has 0 amide bonds. The summed E-state index contributed by atoms with van der Waals surface area (Å²) in [6, 6.07) is 4.00. The Balaban J connectivity index is 2.43. The van der Waals surface area contributed by atoms with E-state index < -0.39 is 0 Å². The molecule has 0 saturated heterocycles. The largest absolute Gasteiger partial charge is 0.308 e. The van der Waals surface area contributed by atoms with Crippen molar-refractivity contribution in [1.82, 2.24) is 9.80 Å². The molecule has 3 nitrogen and oxygen atoms in total. The van der Waals surface area contributed by atoms with E-state index in [1.165, 1.54) is 4.88 Å². The molecule has 0 radical (unpaired) electrons. The Morgan fingerprint density at radius 1 is 1.24 bits per heavy atom. The Kier molecular flexibility index (Phi) is 5.82. The molecule has 0 aliphatic heterocycles. The molecule has 0 aliphatic rings. The average molecular weight is 254 g/mol. The second kappa shape index (κ2) is 6.89. The maximum absolute atomic E-state index is 12.0. The lowest BCUT2D eigenvalue weighted by atomic mass is 10.3. The summed E-state index contributed by atoms with van der Waals surface area (Å²) >= 11 is 1.62. The number of hydrogen-bond acceptors (Lipinski definition) is 4. The van der Waals surface area contributed by atoms with Crippen LogP contribution in [0.4, 0.5) is 0 Å². The Morgan fingerprint density at radius 3 is 2.47 bits per heavy atom. The molecule has 0 atom stereocenters. The van der Waals surface area contributed by atoms with Gasteiger partial charge in [0.05, 0.1) is 11.4 Å². The summed E-state index contributed by atoms with van der Waals surface area (Å²) in [7, 11) is 6.08. The third-order valence-corrected chi connectivity index (χ3v) is 3.90. The Labute approximate surface area is 108 Å². The van der Waals surface area contributed by atoms with Gasteiger partial charge < -0.3 is 4.90 Å². The lowest BCUT2D eigenvalue weighted by Crippen LogP contribution is -2.32. The van der Waals surface area contributed by atoms with Crippen molar-refractivity contribution in [2.45, 2.75) is 13.3 Å². The van der Waals surface area contributed by atoms with Crippen molar-refractivity contribution < 1.29 is 4.79 Å². The van der Waals surface area contributed by atoms with Crippen LogP contribution in [0.3, 0.4) is 0 Å². The average Bonchev–Trinajstić information content (AvgIpc) is 2.74. The van der Waals surface area contributed by atoms with Crippen LogP contribution in [-0.2, 0) is 6.42 Å². The minimum absolute atomic E-state index is 0.232. The zero-order chi connectivity index (χ0) is 12.8. The lowest BCUT2D eigenvalue weighted by molar-refractivity contribution is 0.0946. The Morgan fingerprint density at radius 2 is 1.94 bits per heavy atom. The van der Waals surface area contributed by atoms with Crippen LogP contribution in [0.15, 0.2) is 12.1 Å². The van der Waals surface area contributed by atoms with E-state index >= 15 is 0 Å². The van der Waals surface area contributed by atoms with Crippen molar-refractivity contribution in [3.63, 3.8) is 0 Å². The molecule has 0 saturated carbocycles. The van der Waals surface area contributed by atoms with Crippen LogP contribution >= 0.6 is 11.3 Å². The highest BCUT2D eigenvalue weighted by Crippen LogP contribution is 2.17. The van der Waals surface area contributed by atoms with Crippen LogP contribution < -0.4 is 0 Å². The van der Waals surface area contributed by atoms with Crippen LogP contribution in [0.5, 0.6) is 0 Å². The molecule has 0 N–H and O–H groups in total. The number of ketones is 1. The number of Topliss-reactive ketones (excluding diaryl/α,β-unsaturated/α-hetero) is 1. The van der Waals surface area contributed by atoms with Crippen molar-refractivity contribution in [1.29, 1.82) is 0 Å². The molecule has 1 aromatic heterocycles. The highest BCUT2D eigenvalue weighted by Gasteiger charge is 2.11. The van der Waals surface area contributed by atoms with Crippen molar-refractivity contribution in [3.05, 3.63) is 21.9 Å². The SMILES string of the molecule is CCc1ccc(C(=O)CN(C)CCN(C)C)s1. The molecule has 17 heavy (non-hydrogen) atoms. The van der Waals surface area contributed by atoms with Gasteiger partial charge in [0.25, 0.3) is 0 Å². The maximum Gasteiger partial charge on any atom is 0.186 e. The molecule has 96 valence electrons. The summed E-state index contributed by atoms with van der Waals surface area (Å²) in [5, 5.41) is 0. The number of carbonyl (C=O) groups is 1. The number of rotatable bonds is 7. The van der Waals surface area contributed by atoms with Gasteiger partial charge in [0.2, 0.25) is 0 Å². The zero-order valence-corrected chi connectivity index (χ0v) is 12.0. The van der Waals surface area contributed by atoms with Gasteiger partial charge in [-0.3, -0.25) is 9.69 Å².